The number of benzene rings is 7. The molecule has 0 aliphatic rings. The van der Waals surface area contributed by atoms with Crippen molar-refractivity contribution in [2.75, 3.05) is 0 Å². The molecule has 54 heavy (non-hydrogen) atoms. The van der Waals surface area contributed by atoms with Crippen LogP contribution in [0.4, 0.5) is 0 Å². The molecule has 3 heterocycles. The van der Waals surface area contributed by atoms with Crippen molar-refractivity contribution in [3.8, 4) is 67.7 Å². The third-order valence-electron chi connectivity index (χ3n) is 10.1. The highest BCUT2D eigenvalue weighted by Gasteiger charge is 2.16. The average Bonchev–Trinajstić information content (AvgIpc) is 3.27. The van der Waals surface area contributed by atoms with E-state index in [2.05, 4.69) is 126 Å². The summed E-state index contributed by atoms with van der Waals surface area (Å²) in [6, 6.07) is 59.1. The molecule has 5 heteroatoms. The normalized spacial score (nSPS) is 11.3. The predicted molar refractivity (Wildman–Crippen MR) is 221 cm³/mol. The Hall–Kier alpha value is -7.37. The quantitative estimate of drug-likeness (QED) is 0.163. The molecule has 10 aromatic rings. The summed E-state index contributed by atoms with van der Waals surface area (Å²) in [4.78, 5) is 24.1. The van der Waals surface area contributed by atoms with E-state index in [0.717, 1.165) is 50.0 Å². The summed E-state index contributed by atoms with van der Waals surface area (Å²) in [6.07, 6.45) is 5.57. The monoisotopic (exact) mass is 689 g/mol. The Bertz CT molecular complexity index is 2930. The minimum atomic E-state index is 0.634. The van der Waals surface area contributed by atoms with Gasteiger partial charge in [-0.1, -0.05) is 140 Å². The molecule has 0 N–H and O–H groups in total. The van der Waals surface area contributed by atoms with Crippen molar-refractivity contribution in [2.45, 2.75) is 0 Å². The summed E-state index contributed by atoms with van der Waals surface area (Å²) in [5.74, 6) is 1.91. The fourth-order valence-electron chi connectivity index (χ4n) is 7.32. The number of nitrogens with zero attached hydrogens (tertiary/aromatic N) is 5. The maximum atomic E-state index is 5.09. The standard InChI is InChI=1S/C49H31N5/c1-3-10-32(11-4-1)33-17-19-35(20-18-33)48-52-47(34-12-5-2-6-13-34)53-49(54-48)37-22-25-43-42-24-21-36(28-44(42)40-15-7-8-16-41(40)45(43)29-37)38-23-26-46(51-31-38)39-14-9-27-50-30-39/h1-31H. The highest BCUT2D eigenvalue weighted by molar-refractivity contribution is 6.26. The van der Waals surface area contributed by atoms with Gasteiger partial charge in [0, 0.05) is 46.4 Å². The van der Waals surface area contributed by atoms with Crippen molar-refractivity contribution in [2.24, 2.45) is 0 Å². The smallest absolute Gasteiger partial charge is 0.164 e. The highest BCUT2D eigenvalue weighted by Crippen LogP contribution is 2.39. The molecule has 0 atom stereocenters. The second-order valence-electron chi connectivity index (χ2n) is 13.4. The predicted octanol–water partition coefficient (Wildman–Crippen LogP) is 12.1. The fraction of sp³-hybridized carbons (Fsp3) is 0. The van der Waals surface area contributed by atoms with E-state index in [4.69, 9.17) is 19.9 Å². The molecule has 10 rings (SSSR count). The zero-order chi connectivity index (χ0) is 35.8. The van der Waals surface area contributed by atoms with Crippen LogP contribution in [0.5, 0.6) is 0 Å². The number of hydrogen-bond donors (Lipinski definition) is 0. The van der Waals surface area contributed by atoms with Crippen LogP contribution >= 0.6 is 0 Å². The summed E-state index contributed by atoms with van der Waals surface area (Å²) in [7, 11) is 0. The largest absolute Gasteiger partial charge is 0.264 e. The van der Waals surface area contributed by atoms with Gasteiger partial charge < -0.3 is 0 Å². The SMILES string of the molecule is c1ccc(-c2ccc(-c3nc(-c4ccccc4)nc(-c4ccc5c6ccc(-c7ccc(-c8cccnc8)nc7)cc6c6ccccc6c5c4)n3)cc2)cc1. The minimum Gasteiger partial charge on any atom is -0.264 e. The third kappa shape index (κ3) is 5.74. The number of aromatic nitrogens is 5. The molecule has 0 amide bonds. The van der Waals surface area contributed by atoms with Gasteiger partial charge in [-0.15, -0.1) is 0 Å². The van der Waals surface area contributed by atoms with Crippen LogP contribution in [-0.4, -0.2) is 24.9 Å². The van der Waals surface area contributed by atoms with Crippen LogP contribution in [0.3, 0.4) is 0 Å². The van der Waals surface area contributed by atoms with E-state index in [-0.39, 0.29) is 0 Å². The Morgan fingerprint density at radius 2 is 0.741 bits per heavy atom. The van der Waals surface area contributed by atoms with Gasteiger partial charge in [-0.3, -0.25) is 9.97 Å². The first kappa shape index (κ1) is 31.4. The number of hydrogen-bond acceptors (Lipinski definition) is 5. The Morgan fingerprint density at radius 3 is 1.35 bits per heavy atom. The maximum Gasteiger partial charge on any atom is 0.164 e. The molecular formula is C49H31N5. The second-order valence-corrected chi connectivity index (χ2v) is 13.4. The highest BCUT2D eigenvalue weighted by atomic mass is 15.0. The summed E-state index contributed by atoms with van der Waals surface area (Å²) < 4.78 is 0. The summed E-state index contributed by atoms with van der Waals surface area (Å²) in [5, 5.41) is 7.10. The molecule has 0 spiro atoms. The molecule has 0 unspecified atom stereocenters. The molecule has 0 fully saturated rings. The van der Waals surface area contributed by atoms with E-state index in [0.29, 0.717) is 17.5 Å². The molecule has 0 aliphatic heterocycles. The van der Waals surface area contributed by atoms with E-state index in [9.17, 15) is 0 Å². The lowest BCUT2D eigenvalue weighted by molar-refractivity contribution is 1.07. The van der Waals surface area contributed by atoms with Crippen LogP contribution in [0.25, 0.3) is 100.0 Å². The number of rotatable bonds is 6. The van der Waals surface area contributed by atoms with Gasteiger partial charge in [0.05, 0.1) is 5.69 Å². The Balaban J connectivity index is 1.09. The van der Waals surface area contributed by atoms with Crippen molar-refractivity contribution < 1.29 is 0 Å². The first-order chi connectivity index (χ1) is 26.7. The Labute approximate surface area is 312 Å². The second kappa shape index (κ2) is 13.3. The number of pyridine rings is 2. The first-order valence-electron chi connectivity index (χ1n) is 18.0. The van der Waals surface area contributed by atoms with Crippen LogP contribution in [0.15, 0.2) is 188 Å². The Morgan fingerprint density at radius 1 is 0.278 bits per heavy atom. The lowest BCUT2D eigenvalue weighted by atomic mass is 9.91. The van der Waals surface area contributed by atoms with Crippen molar-refractivity contribution in [1.82, 2.24) is 24.9 Å². The third-order valence-corrected chi connectivity index (χ3v) is 10.1. The first-order valence-corrected chi connectivity index (χ1v) is 18.0. The van der Waals surface area contributed by atoms with E-state index in [1.54, 1.807) is 6.20 Å². The van der Waals surface area contributed by atoms with Crippen LogP contribution < -0.4 is 0 Å². The molecule has 0 bridgehead atoms. The van der Waals surface area contributed by atoms with Crippen LogP contribution in [-0.2, 0) is 0 Å². The van der Waals surface area contributed by atoms with Gasteiger partial charge in [0.15, 0.2) is 17.5 Å². The van der Waals surface area contributed by atoms with E-state index in [1.165, 1.54) is 32.5 Å². The molecule has 5 nitrogen and oxygen atoms in total. The van der Waals surface area contributed by atoms with Gasteiger partial charge in [-0.25, -0.2) is 15.0 Å². The maximum absolute atomic E-state index is 5.09. The van der Waals surface area contributed by atoms with E-state index in [1.807, 2.05) is 60.9 Å². The summed E-state index contributed by atoms with van der Waals surface area (Å²) in [5.41, 5.74) is 9.23. The number of fused-ring (bicyclic) bond motifs is 6. The van der Waals surface area contributed by atoms with Gasteiger partial charge in [0.2, 0.25) is 0 Å². The molecular weight excluding hydrogens is 659 g/mol. The van der Waals surface area contributed by atoms with Crippen molar-refractivity contribution in [3.63, 3.8) is 0 Å². The van der Waals surface area contributed by atoms with Gasteiger partial charge in [-0.05, 0) is 79.3 Å². The summed E-state index contributed by atoms with van der Waals surface area (Å²) >= 11 is 0. The summed E-state index contributed by atoms with van der Waals surface area (Å²) in [6.45, 7) is 0. The molecule has 0 saturated carbocycles. The van der Waals surface area contributed by atoms with Crippen molar-refractivity contribution >= 4 is 32.3 Å². The molecule has 0 radical (unpaired) electrons. The van der Waals surface area contributed by atoms with Crippen LogP contribution in [0.2, 0.25) is 0 Å². The topological polar surface area (TPSA) is 64.5 Å². The van der Waals surface area contributed by atoms with E-state index < -0.39 is 0 Å². The van der Waals surface area contributed by atoms with Crippen molar-refractivity contribution in [3.05, 3.63) is 188 Å². The lowest BCUT2D eigenvalue weighted by Crippen LogP contribution is -2.00. The molecule has 3 aromatic heterocycles. The van der Waals surface area contributed by atoms with Gasteiger partial charge in [-0.2, -0.15) is 0 Å². The minimum absolute atomic E-state index is 0.634. The van der Waals surface area contributed by atoms with E-state index >= 15 is 0 Å². The van der Waals surface area contributed by atoms with Crippen LogP contribution in [0, 0.1) is 0 Å². The van der Waals surface area contributed by atoms with Crippen molar-refractivity contribution in [1.29, 1.82) is 0 Å². The van der Waals surface area contributed by atoms with Gasteiger partial charge in [0.25, 0.3) is 0 Å². The Kier molecular flexibility index (Phi) is 7.73. The zero-order valence-corrected chi connectivity index (χ0v) is 29.1. The molecule has 0 aliphatic carbocycles. The van der Waals surface area contributed by atoms with Gasteiger partial charge >= 0.3 is 0 Å². The molecule has 252 valence electrons. The lowest BCUT2D eigenvalue weighted by Gasteiger charge is -2.14. The van der Waals surface area contributed by atoms with Crippen LogP contribution in [0.1, 0.15) is 0 Å². The zero-order valence-electron chi connectivity index (χ0n) is 29.1. The molecule has 0 saturated heterocycles. The fourth-order valence-corrected chi connectivity index (χ4v) is 7.32. The average molecular weight is 690 g/mol. The van der Waals surface area contributed by atoms with Gasteiger partial charge in [0.1, 0.15) is 0 Å². The molecule has 7 aromatic carbocycles.